The molecular formula is C14H17BrO3. The molecule has 4 heteroatoms. The number of aryl methyl sites for hydroxylation is 1. The van der Waals surface area contributed by atoms with Crippen LogP contribution in [-0.4, -0.2) is 17.7 Å². The van der Waals surface area contributed by atoms with Gasteiger partial charge in [-0.3, -0.25) is 4.79 Å². The third kappa shape index (κ3) is 5.36. The molecule has 0 aliphatic carbocycles. The molecule has 0 spiro atoms. The van der Waals surface area contributed by atoms with Gasteiger partial charge in [-0.15, -0.1) is 0 Å². The van der Waals surface area contributed by atoms with Crippen LogP contribution in [0.4, 0.5) is 0 Å². The maximum Gasteiger partial charge on any atom is 0.303 e. The zero-order chi connectivity index (χ0) is 13.5. The molecule has 18 heavy (non-hydrogen) atoms. The van der Waals surface area contributed by atoms with Gasteiger partial charge in [0, 0.05) is 6.42 Å². The molecule has 0 unspecified atom stereocenters. The van der Waals surface area contributed by atoms with Crippen LogP contribution in [0.15, 0.2) is 34.8 Å². The number of ether oxygens (including phenoxy) is 1. The van der Waals surface area contributed by atoms with Crippen LogP contribution in [0.1, 0.15) is 25.3 Å². The highest BCUT2D eigenvalue weighted by Crippen LogP contribution is 2.27. The molecule has 0 bridgehead atoms. The fraction of sp³-hybridized carbons (Fsp3) is 0.357. The minimum absolute atomic E-state index is 0.200. The second kappa shape index (κ2) is 7.21. The van der Waals surface area contributed by atoms with Gasteiger partial charge in [0.25, 0.3) is 0 Å². The van der Waals surface area contributed by atoms with E-state index < -0.39 is 5.97 Å². The van der Waals surface area contributed by atoms with Gasteiger partial charge in [0.2, 0.25) is 0 Å². The molecule has 0 amide bonds. The van der Waals surface area contributed by atoms with E-state index in [1.54, 1.807) is 0 Å². The number of hydrogen-bond donors (Lipinski definition) is 1. The molecule has 3 nitrogen and oxygen atoms in total. The third-order valence-corrected chi connectivity index (χ3v) is 2.95. The van der Waals surface area contributed by atoms with Crippen LogP contribution in [0, 0.1) is 0 Å². The van der Waals surface area contributed by atoms with E-state index in [9.17, 15) is 4.79 Å². The number of halogens is 1. The number of carboxylic acids is 1. The monoisotopic (exact) mass is 312 g/mol. The van der Waals surface area contributed by atoms with Crippen molar-refractivity contribution in [2.45, 2.75) is 26.2 Å². The lowest BCUT2D eigenvalue weighted by Gasteiger charge is -2.09. The van der Waals surface area contributed by atoms with Gasteiger partial charge in [-0.25, -0.2) is 0 Å². The van der Waals surface area contributed by atoms with Crippen molar-refractivity contribution in [3.05, 3.63) is 40.4 Å². The summed E-state index contributed by atoms with van der Waals surface area (Å²) < 4.78 is 6.44. The zero-order valence-electron chi connectivity index (χ0n) is 10.4. The van der Waals surface area contributed by atoms with Crippen LogP contribution in [0.5, 0.6) is 5.75 Å². The SMILES string of the molecule is C=C(C)COc1ccc(CCCC(=O)O)cc1Br. The number of carbonyl (C=O) groups is 1. The van der Waals surface area contributed by atoms with E-state index in [1.165, 1.54) is 0 Å². The summed E-state index contributed by atoms with van der Waals surface area (Å²) in [4.78, 5) is 10.4. The van der Waals surface area contributed by atoms with E-state index in [0.29, 0.717) is 13.0 Å². The molecule has 0 aliphatic rings. The molecule has 0 heterocycles. The Morgan fingerprint density at radius 3 is 2.78 bits per heavy atom. The maximum absolute atomic E-state index is 10.4. The molecule has 1 aromatic carbocycles. The first-order valence-electron chi connectivity index (χ1n) is 5.76. The highest BCUT2D eigenvalue weighted by atomic mass is 79.9. The highest BCUT2D eigenvalue weighted by molar-refractivity contribution is 9.10. The first-order chi connectivity index (χ1) is 8.49. The van der Waals surface area contributed by atoms with Crippen LogP contribution in [0.25, 0.3) is 0 Å². The van der Waals surface area contributed by atoms with Crippen molar-refractivity contribution in [1.82, 2.24) is 0 Å². The van der Waals surface area contributed by atoms with Crippen molar-refractivity contribution in [3.63, 3.8) is 0 Å². The minimum Gasteiger partial charge on any atom is -0.488 e. The number of hydrogen-bond acceptors (Lipinski definition) is 2. The molecule has 0 aliphatic heterocycles. The van der Waals surface area contributed by atoms with Crippen LogP contribution in [0.2, 0.25) is 0 Å². The van der Waals surface area contributed by atoms with Crippen molar-refractivity contribution in [2.24, 2.45) is 0 Å². The Bertz CT molecular complexity index is 441. The summed E-state index contributed by atoms with van der Waals surface area (Å²) in [5.74, 6) is 0.0236. The fourth-order valence-corrected chi connectivity index (χ4v) is 2.00. The van der Waals surface area contributed by atoms with Crippen molar-refractivity contribution in [3.8, 4) is 5.75 Å². The fourth-order valence-electron chi connectivity index (χ4n) is 1.46. The largest absolute Gasteiger partial charge is 0.488 e. The third-order valence-electron chi connectivity index (χ3n) is 2.33. The van der Waals surface area contributed by atoms with Crippen LogP contribution >= 0.6 is 15.9 Å². The zero-order valence-corrected chi connectivity index (χ0v) is 12.0. The van der Waals surface area contributed by atoms with E-state index in [0.717, 1.165) is 27.8 Å². The quantitative estimate of drug-likeness (QED) is 0.779. The van der Waals surface area contributed by atoms with Crippen molar-refractivity contribution in [1.29, 1.82) is 0 Å². The van der Waals surface area contributed by atoms with Gasteiger partial charge < -0.3 is 9.84 Å². The Kier molecular flexibility index (Phi) is 5.92. The van der Waals surface area contributed by atoms with Crippen LogP contribution in [0.3, 0.4) is 0 Å². The van der Waals surface area contributed by atoms with Gasteiger partial charge in [0.1, 0.15) is 12.4 Å². The van der Waals surface area contributed by atoms with Gasteiger partial charge in [-0.1, -0.05) is 12.6 Å². The van der Waals surface area contributed by atoms with E-state index in [4.69, 9.17) is 9.84 Å². The smallest absolute Gasteiger partial charge is 0.303 e. The second-order valence-corrected chi connectivity index (χ2v) is 5.11. The average molecular weight is 313 g/mol. The minimum atomic E-state index is -0.754. The number of benzene rings is 1. The van der Waals surface area contributed by atoms with Crippen molar-refractivity contribution in [2.75, 3.05) is 6.61 Å². The Hall–Kier alpha value is -1.29. The molecule has 0 aromatic heterocycles. The molecule has 0 saturated heterocycles. The lowest BCUT2D eigenvalue weighted by atomic mass is 10.1. The Labute approximate surface area is 116 Å². The lowest BCUT2D eigenvalue weighted by Crippen LogP contribution is -1.99. The van der Waals surface area contributed by atoms with Crippen molar-refractivity contribution >= 4 is 21.9 Å². The number of aliphatic carboxylic acids is 1. The summed E-state index contributed by atoms with van der Waals surface area (Å²) in [5, 5.41) is 8.57. The number of carboxylic acid groups (broad SMARTS) is 1. The molecule has 0 atom stereocenters. The first kappa shape index (κ1) is 14.8. The normalized spacial score (nSPS) is 10.1. The Balaban J connectivity index is 2.56. The summed E-state index contributed by atoms with van der Waals surface area (Å²) in [6, 6.07) is 5.82. The summed E-state index contributed by atoms with van der Waals surface area (Å²) in [6.45, 7) is 6.19. The van der Waals surface area contributed by atoms with Crippen molar-refractivity contribution < 1.29 is 14.6 Å². The molecule has 0 saturated carbocycles. The molecule has 1 rings (SSSR count). The molecule has 98 valence electrons. The summed E-state index contributed by atoms with van der Waals surface area (Å²) in [7, 11) is 0. The molecule has 1 N–H and O–H groups in total. The first-order valence-corrected chi connectivity index (χ1v) is 6.55. The summed E-state index contributed by atoms with van der Waals surface area (Å²) in [5.41, 5.74) is 2.07. The Morgan fingerprint density at radius 1 is 1.50 bits per heavy atom. The van der Waals surface area contributed by atoms with Gasteiger partial charge in [0.05, 0.1) is 4.47 Å². The van der Waals surface area contributed by atoms with E-state index in [-0.39, 0.29) is 6.42 Å². The molecule has 1 aromatic rings. The molecular weight excluding hydrogens is 296 g/mol. The van der Waals surface area contributed by atoms with E-state index in [2.05, 4.69) is 22.5 Å². The maximum atomic E-state index is 10.4. The van der Waals surface area contributed by atoms with Gasteiger partial charge in [-0.05, 0) is 59.0 Å². The predicted molar refractivity (Wildman–Crippen MR) is 75.0 cm³/mol. The van der Waals surface area contributed by atoms with Crippen LogP contribution < -0.4 is 4.74 Å². The van der Waals surface area contributed by atoms with Gasteiger partial charge in [-0.2, -0.15) is 0 Å². The molecule has 0 radical (unpaired) electrons. The highest BCUT2D eigenvalue weighted by Gasteiger charge is 2.04. The lowest BCUT2D eigenvalue weighted by molar-refractivity contribution is -0.137. The standard InChI is InChI=1S/C14H17BrO3/c1-10(2)9-18-13-7-6-11(8-12(13)15)4-3-5-14(16)17/h6-8H,1,3-5,9H2,2H3,(H,16,17). The van der Waals surface area contributed by atoms with Crippen LogP contribution in [-0.2, 0) is 11.2 Å². The van der Waals surface area contributed by atoms with Gasteiger partial charge in [0.15, 0.2) is 0 Å². The average Bonchev–Trinajstić information content (AvgIpc) is 2.27. The summed E-state index contributed by atoms with van der Waals surface area (Å²) in [6.07, 6.45) is 1.60. The topological polar surface area (TPSA) is 46.5 Å². The van der Waals surface area contributed by atoms with Gasteiger partial charge >= 0.3 is 5.97 Å². The Morgan fingerprint density at radius 2 is 2.22 bits per heavy atom. The second-order valence-electron chi connectivity index (χ2n) is 4.26. The summed E-state index contributed by atoms with van der Waals surface area (Å²) >= 11 is 3.45. The molecule has 0 fully saturated rings. The number of rotatable bonds is 7. The van der Waals surface area contributed by atoms with E-state index in [1.807, 2.05) is 25.1 Å². The predicted octanol–water partition coefficient (Wildman–Crippen LogP) is 3.81. The van der Waals surface area contributed by atoms with E-state index >= 15 is 0 Å².